The lowest BCUT2D eigenvalue weighted by atomic mass is 10.4. The Kier molecular flexibility index (Phi) is 5.24. The number of ether oxygens (including phenoxy) is 1. The predicted octanol–water partition coefficient (Wildman–Crippen LogP) is 0.700. The van der Waals surface area contributed by atoms with Gasteiger partial charge in [-0.05, 0) is 6.92 Å². The minimum Gasteiger partial charge on any atom is -0.481 e. The molecule has 2 rings (SSSR count). The van der Waals surface area contributed by atoms with Crippen molar-refractivity contribution in [3.05, 3.63) is 11.9 Å². The number of aryl methyl sites for hydroxylation is 1. The van der Waals surface area contributed by atoms with Gasteiger partial charge in [-0.2, -0.15) is 0 Å². The largest absolute Gasteiger partial charge is 0.481 e. The number of carbonyl (C=O) groups is 1. The van der Waals surface area contributed by atoms with E-state index in [-0.39, 0.29) is 5.75 Å². The summed E-state index contributed by atoms with van der Waals surface area (Å²) in [6, 6.07) is 0. The van der Waals surface area contributed by atoms with Gasteiger partial charge in [-0.15, -0.1) is 0 Å². The fourth-order valence-electron chi connectivity index (χ4n) is 2.02. The first-order valence-corrected chi connectivity index (χ1v) is 7.32. The second kappa shape index (κ2) is 6.93. The van der Waals surface area contributed by atoms with Crippen molar-refractivity contribution >= 4 is 17.7 Å². The van der Waals surface area contributed by atoms with Crippen LogP contribution >= 0.6 is 11.8 Å². The Morgan fingerprint density at radius 3 is 2.89 bits per heavy atom. The SMILES string of the molecule is Cc1cnc(SCC(=O)O)n1CCN1CCOCC1. The van der Waals surface area contributed by atoms with Gasteiger partial charge >= 0.3 is 5.97 Å². The molecule has 0 unspecified atom stereocenters. The molecule has 0 atom stereocenters. The molecule has 1 aliphatic rings. The van der Waals surface area contributed by atoms with Crippen LogP contribution in [0.1, 0.15) is 5.69 Å². The molecule has 1 aliphatic heterocycles. The van der Waals surface area contributed by atoms with Crippen molar-refractivity contribution < 1.29 is 14.6 Å². The molecule has 0 aromatic carbocycles. The zero-order chi connectivity index (χ0) is 13.7. The second-order valence-corrected chi connectivity index (χ2v) is 5.41. The summed E-state index contributed by atoms with van der Waals surface area (Å²) >= 11 is 1.27. The quantitative estimate of drug-likeness (QED) is 0.776. The van der Waals surface area contributed by atoms with Gasteiger partial charge in [0.15, 0.2) is 5.16 Å². The van der Waals surface area contributed by atoms with E-state index in [0.717, 1.165) is 50.2 Å². The maximum Gasteiger partial charge on any atom is 0.313 e. The topological polar surface area (TPSA) is 67.6 Å². The van der Waals surface area contributed by atoms with E-state index in [0.29, 0.717) is 0 Å². The number of aliphatic carboxylic acids is 1. The monoisotopic (exact) mass is 285 g/mol. The van der Waals surface area contributed by atoms with Gasteiger partial charge in [0.2, 0.25) is 0 Å². The number of carboxylic acid groups (broad SMARTS) is 1. The number of carboxylic acids is 1. The molecule has 0 radical (unpaired) electrons. The lowest BCUT2D eigenvalue weighted by Crippen LogP contribution is -2.38. The van der Waals surface area contributed by atoms with Crippen molar-refractivity contribution in [2.45, 2.75) is 18.6 Å². The van der Waals surface area contributed by atoms with Crippen LogP contribution in [0.15, 0.2) is 11.4 Å². The third-order valence-electron chi connectivity index (χ3n) is 3.09. The zero-order valence-electron chi connectivity index (χ0n) is 11.0. The number of rotatable bonds is 6. The summed E-state index contributed by atoms with van der Waals surface area (Å²) in [6.07, 6.45) is 1.80. The molecule has 2 heterocycles. The molecular weight excluding hydrogens is 266 g/mol. The normalized spacial score (nSPS) is 16.7. The summed E-state index contributed by atoms with van der Waals surface area (Å²) in [4.78, 5) is 17.2. The van der Waals surface area contributed by atoms with Crippen LogP contribution in [0, 0.1) is 6.92 Å². The van der Waals surface area contributed by atoms with Gasteiger partial charge in [-0.25, -0.2) is 4.98 Å². The van der Waals surface area contributed by atoms with Crippen molar-refractivity contribution in [2.24, 2.45) is 0 Å². The molecule has 7 heteroatoms. The molecule has 19 heavy (non-hydrogen) atoms. The summed E-state index contributed by atoms with van der Waals surface area (Å²) in [7, 11) is 0. The minimum atomic E-state index is -0.814. The number of hydrogen-bond acceptors (Lipinski definition) is 5. The van der Waals surface area contributed by atoms with E-state index in [1.165, 1.54) is 11.8 Å². The highest BCUT2D eigenvalue weighted by molar-refractivity contribution is 7.99. The van der Waals surface area contributed by atoms with Gasteiger partial charge in [0.1, 0.15) is 0 Å². The minimum absolute atomic E-state index is 0.0496. The van der Waals surface area contributed by atoms with Gasteiger partial charge in [-0.3, -0.25) is 9.69 Å². The molecule has 1 fully saturated rings. The van der Waals surface area contributed by atoms with E-state index in [9.17, 15) is 4.79 Å². The lowest BCUT2D eigenvalue weighted by molar-refractivity contribution is -0.133. The molecule has 1 saturated heterocycles. The average Bonchev–Trinajstić information content (AvgIpc) is 2.76. The lowest BCUT2D eigenvalue weighted by Gasteiger charge is -2.27. The Bertz CT molecular complexity index is 430. The zero-order valence-corrected chi connectivity index (χ0v) is 11.9. The fraction of sp³-hybridized carbons (Fsp3) is 0.667. The smallest absolute Gasteiger partial charge is 0.313 e. The van der Waals surface area contributed by atoms with Gasteiger partial charge in [0, 0.05) is 38.1 Å². The maximum atomic E-state index is 10.6. The highest BCUT2D eigenvalue weighted by Crippen LogP contribution is 2.18. The number of morpholine rings is 1. The first kappa shape index (κ1) is 14.4. The Morgan fingerprint density at radius 2 is 2.21 bits per heavy atom. The highest BCUT2D eigenvalue weighted by atomic mass is 32.2. The van der Waals surface area contributed by atoms with E-state index < -0.39 is 5.97 Å². The van der Waals surface area contributed by atoms with Crippen molar-refractivity contribution in [1.82, 2.24) is 14.5 Å². The van der Waals surface area contributed by atoms with E-state index >= 15 is 0 Å². The molecule has 0 saturated carbocycles. The third kappa shape index (κ3) is 4.22. The first-order valence-electron chi connectivity index (χ1n) is 6.33. The average molecular weight is 285 g/mol. The Labute approximate surface area is 116 Å². The van der Waals surface area contributed by atoms with Crippen LogP contribution in [0.3, 0.4) is 0 Å². The van der Waals surface area contributed by atoms with Crippen molar-refractivity contribution in [3.63, 3.8) is 0 Å². The molecule has 106 valence electrons. The molecule has 1 aromatic rings. The number of imidazole rings is 1. The summed E-state index contributed by atoms with van der Waals surface area (Å²) in [5.74, 6) is -0.765. The van der Waals surface area contributed by atoms with E-state index in [1.54, 1.807) is 6.20 Å². The van der Waals surface area contributed by atoms with E-state index in [2.05, 4.69) is 14.5 Å². The van der Waals surface area contributed by atoms with Gasteiger partial charge in [-0.1, -0.05) is 11.8 Å². The molecule has 0 aliphatic carbocycles. The van der Waals surface area contributed by atoms with Crippen molar-refractivity contribution in [2.75, 3.05) is 38.6 Å². The Balaban J connectivity index is 1.90. The van der Waals surface area contributed by atoms with Crippen LogP contribution in [0.5, 0.6) is 0 Å². The van der Waals surface area contributed by atoms with Crippen LogP contribution in [0.4, 0.5) is 0 Å². The first-order chi connectivity index (χ1) is 9.16. The summed E-state index contributed by atoms with van der Waals surface area (Å²) in [5, 5.41) is 9.51. The molecule has 0 bridgehead atoms. The van der Waals surface area contributed by atoms with Crippen LogP contribution in [0.25, 0.3) is 0 Å². The predicted molar refractivity (Wildman–Crippen MR) is 72.6 cm³/mol. The van der Waals surface area contributed by atoms with E-state index in [1.807, 2.05) is 6.92 Å². The number of aromatic nitrogens is 2. The van der Waals surface area contributed by atoms with Crippen LogP contribution in [-0.4, -0.2) is 64.1 Å². The third-order valence-corrected chi connectivity index (χ3v) is 4.06. The highest BCUT2D eigenvalue weighted by Gasteiger charge is 2.13. The maximum absolute atomic E-state index is 10.6. The van der Waals surface area contributed by atoms with Gasteiger partial charge in [0.05, 0.1) is 19.0 Å². The molecular formula is C12H19N3O3S. The standard InChI is InChI=1S/C12H19N3O3S/c1-10-8-13-12(19-9-11(16)17)15(10)3-2-14-4-6-18-7-5-14/h8H,2-7,9H2,1H3,(H,16,17). The summed E-state index contributed by atoms with van der Waals surface area (Å²) in [5.41, 5.74) is 1.07. The molecule has 0 amide bonds. The summed E-state index contributed by atoms with van der Waals surface area (Å²) < 4.78 is 7.41. The van der Waals surface area contributed by atoms with Gasteiger partial charge < -0.3 is 14.4 Å². The molecule has 0 spiro atoms. The van der Waals surface area contributed by atoms with Crippen molar-refractivity contribution in [1.29, 1.82) is 0 Å². The molecule has 6 nitrogen and oxygen atoms in total. The fourth-order valence-corrected chi connectivity index (χ4v) is 2.79. The Hall–Kier alpha value is -1.05. The van der Waals surface area contributed by atoms with Crippen LogP contribution < -0.4 is 0 Å². The van der Waals surface area contributed by atoms with Crippen molar-refractivity contribution in [3.8, 4) is 0 Å². The number of nitrogens with zero attached hydrogens (tertiary/aromatic N) is 3. The van der Waals surface area contributed by atoms with E-state index in [4.69, 9.17) is 9.84 Å². The van der Waals surface area contributed by atoms with Gasteiger partial charge in [0.25, 0.3) is 0 Å². The number of hydrogen-bond donors (Lipinski definition) is 1. The molecule has 1 N–H and O–H groups in total. The van der Waals surface area contributed by atoms with Crippen LogP contribution in [-0.2, 0) is 16.1 Å². The summed E-state index contributed by atoms with van der Waals surface area (Å²) in [6.45, 7) is 7.30. The Morgan fingerprint density at radius 1 is 1.47 bits per heavy atom. The molecule has 1 aromatic heterocycles. The van der Waals surface area contributed by atoms with Crippen LogP contribution in [0.2, 0.25) is 0 Å². The number of thioether (sulfide) groups is 1. The second-order valence-electron chi connectivity index (χ2n) is 4.47.